The lowest BCUT2D eigenvalue weighted by molar-refractivity contribution is -0.00831. The molecule has 0 spiro atoms. The van der Waals surface area contributed by atoms with Gasteiger partial charge in [-0.25, -0.2) is 0 Å². The van der Waals surface area contributed by atoms with Crippen LogP contribution in [-0.2, 0) is 4.74 Å². The Morgan fingerprint density at radius 2 is 2.26 bits per heavy atom. The first-order valence-electron chi connectivity index (χ1n) is 7.25. The summed E-state index contributed by atoms with van der Waals surface area (Å²) in [5.41, 5.74) is 2.48. The van der Waals surface area contributed by atoms with Crippen LogP contribution < -0.4 is 10.1 Å². The SMILES string of the molecule is CCNC(c1cc(C)ccc1OC)C1CCCCO1. The summed E-state index contributed by atoms with van der Waals surface area (Å²) in [5, 5.41) is 3.57. The molecule has 1 N–H and O–H groups in total. The number of benzene rings is 1. The highest BCUT2D eigenvalue weighted by Gasteiger charge is 2.27. The summed E-state index contributed by atoms with van der Waals surface area (Å²) in [7, 11) is 1.74. The van der Waals surface area contributed by atoms with Gasteiger partial charge in [0, 0.05) is 12.2 Å². The zero-order chi connectivity index (χ0) is 13.7. The molecule has 1 aliphatic rings. The van der Waals surface area contributed by atoms with Gasteiger partial charge < -0.3 is 14.8 Å². The third kappa shape index (κ3) is 3.48. The van der Waals surface area contributed by atoms with Gasteiger partial charge in [-0.1, -0.05) is 24.6 Å². The minimum absolute atomic E-state index is 0.222. The molecule has 1 heterocycles. The Hall–Kier alpha value is -1.06. The van der Waals surface area contributed by atoms with Crippen molar-refractivity contribution in [3.05, 3.63) is 29.3 Å². The summed E-state index contributed by atoms with van der Waals surface area (Å²) in [6.45, 7) is 6.06. The van der Waals surface area contributed by atoms with E-state index in [-0.39, 0.29) is 12.1 Å². The molecule has 0 saturated carbocycles. The number of ether oxygens (including phenoxy) is 2. The minimum Gasteiger partial charge on any atom is -0.496 e. The molecule has 1 aliphatic heterocycles. The maximum Gasteiger partial charge on any atom is 0.123 e. The third-order valence-corrected chi connectivity index (χ3v) is 3.73. The summed E-state index contributed by atoms with van der Waals surface area (Å²) in [5.74, 6) is 0.950. The first-order valence-corrected chi connectivity index (χ1v) is 7.25. The average molecular weight is 263 g/mol. The van der Waals surface area contributed by atoms with Crippen molar-refractivity contribution >= 4 is 0 Å². The van der Waals surface area contributed by atoms with E-state index < -0.39 is 0 Å². The standard InChI is InChI=1S/C16H25NO2/c1-4-17-16(15-7-5-6-10-19-15)13-11-12(2)8-9-14(13)18-3/h8-9,11,15-17H,4-7,10H2,1-3H3. The van der Waals surface area contributed by atoms with Gasteiger partial charge in [0.25, 0.3) is 0 Å². The zero-order valence-corrected chi connectivity index (χ0v) is 12.2. The number of rotatable bonds is 5. The van der Waals surface area contributed by atoms with Gasteiger partial charge in [-0.2, -0.15) is 0 Å². The molecule has 1 saturated heterocycles. The van der Waals surface area contributed by atoms with Crippen LogP contribution in [0, 0.1) is 6.92 Å². The lowest BCUT2D eigenvalue weighted by Crippen LogP contribution is -2.36. The van der Waals surface area contributed by atoms with E-state index in [1.807, 2.05) is 0 Å². The number of aryl methyl sites for hydroxylation is 1. The van der Waals surface area contributed by atoms with Crippen LogP contribution in [0.2, 0.25) is 0 Å². The van der Waals surface area contributed by atoms with Crippen molar-refractivity contribution in [2.75, 3.05) is 20.3 Å². The van der Waals surface area contributed by atoms with Crippen molar-refractivity contribution < 1.29 is 9.47 Å². The second-order valence-electron chi connectivity index (χ2n) is 5.19. The molecule has 3 heteroatoms. The molecule has 1 aromatic rings. The molecule has 0 aromatic heterocycles. The number of nitrogens with one attached hydrogen (secondary N) is 1. The molecular weight excluding hydrogens is 238 g/mol. The Morgan fingerprint density at radius 3 is 2.89 bits per heavy atom. The zero-order valence-electron chi connectivity index (χ0n) is 12.2. The summed E-state index contributed by atoms with van der Waals surface area (Å²) < 4.78 is 11.5. The number of methoxy groups -OCH3 is 1. The number of hydrogen-bond donors (Lipinski definition) is 1. The van der Waals surface area contributed by atoms with E-state index in [0.717, 1.165) is 25.3 Å². The van der Waals surface area contributed by atoms with Gasteiger partial charge in [-0.15, -0.1) is 0 Å². The fraction of sp³-hybridized carbons (Fsp3) is 0.625. The smallest absolute Gasteiger partial charge is 0.123 e. The van der Waals surface area contributed by atoms with Crippen LogP contribution in [0.3, 0.4) is 0 Å². The Balaban J connectivity index is 2.28. The van der Waals surface area contributed by atoms with E-state index in [2.05, 4.69) is 37.4 Å². The summed E-state index contributed by atoms with van der Waals surface area (Å²) in [6.07, 6.45) is 3.81. The lowest BCUT2D eigenvalue weighted by atomic mass is 9.94. The van der Waals surface area contributed by atoms with Gasteiger partial charge in [-0.3, -0.25) is 0 Å². The van der Waals surface area contributed by atoms with Gasteiger partial charge >= 0.3 is 0 Å². The van der Waals surface area contributed by atoms with Crippen molar-refractivity contribution in [1.29, 1.82) is 0 Å². The predicted molar refractivity (Wildman–Crippen MR) is 77.7 cm³/mol. The topological polar surface area (TPSA) is 30.5 Å². The molecule has 2 rings (SSSR count). The molecule has 2 atom stereocenters. The Labute approximate surface area is 116 Å². The Morgan fingerprint density at radius 1 is 1.42 bits per heavy atom. The van der Waals surface area contributed by atoms with E-state index in [9.17, 15) is 0 Å². The van der Waals surface area contributed by atoms with Gasteiger partial charge in [0.05, 0.1) is 19.3 Å². The van der Waals surface area contributed by atoms with Gasteiger partial charge in [0.1, 0.15) is 5.75 Å². The molecule has 0 radical (unpaired) electrons. The molecule has 1 aromatic carbocycles. The van der Waals surface area contributed by atoms with Crippen LogP contribution in [0.1, 0.15) is 43.4 Å². The molecular formula is C16H25NO2. The second-order valence-corrected chi connectivity index (χ2v) is 5.19. The molecule has 1 fully saturated rings. The highest BCUT2D eigenvalue weighted by atomic mass is 16.5. The van der Waals surface area contributed by atoms with E-state index in [1.165, 1.54) is 24.0 Å². The highest BCUT2D eigenvalue weighted by Crippen LogP contribution is 2.32. The molecule has 0 amide bonds. The summed E-state index contributed by atoms with van der Waals surface area (Å²) >= 11 is 0. The predicted octanol–water partition coefficient (Wildman–Crippen LogP) is 3.22. The van der Waals surface area contributed by atoms with Crippen LogP contribution in [0.15, 0.2) is 18.2 Å². The normalized spacial score (nSPS) is 21.1. The van der Waals surface area contributed by atoms with Crippen LogP contribution in [0.25, 0.3) is 0 Å². The van der Waals surface area contributed by atoms with Crippen molar-refractivity contribution in [1.82, 2.24) is 5.32 Å². The first kappa shape index (κ1) is 14.4. The van der Waals surface area contributed by atoms with E-state index in [0.29, 0.717) is 0 Å². The first-order chi connectivity index (χ1) is 9.26. The lowest BCUT2D eigenvalue weighted by Gasteiger charge is -2.32. The molecule has 2 unspecified atom stereocenters. The van der Waals surface area contributed by atoms with Crippen molar-refractivity contribution in [2.24, 2.45) is 0 Å². The largest absolute Gasteiger partial charge is 0.496 e. The summed E-state index contributed by atoms with van der Waals surface area (Å²) in [4.78, 5) is 0. The minimum atomic E-state index is 0.222. The van der Waals surface area contributed by atoms with Gasteiger partial charge in [-0.05, 0) is 38.8 Å². The van der Waals surface area contributed by atoms with Crippen molar-refractivity contribution in [2.45, 2.75) is 45.3 Å². The fourth-order valence-electron chi connectivity index (χ4n) is 2.79. The molecule has 3 nitrogen and oxygen atoms in total. The third-order valence-electron chi connectivity index (χ3n) is 3.73. The van der Waals surface area contributed by atoms with Gasteiger partial charge in [0.2, 0.25) is 0 Å². The highest BCUT2D eigenvalue weighted by molar-refractivity contribution is 5.39. The number of hydrogen-bond acceptors (Lipinski definition) is 3. The maximum absolute atomic E-state index is 5.97. The van der Waals surface area contributed by atoms with Crippen molar-refractivity contribution in [3.63, 3.8) is 0 Å². The molecule has 0 bridgehead atoms. The maximum atomic E-state index is 5.97. The van der Waals surface area contributed by atoms with Crippen molar-refractivity contribution in [3.8, 4) is 5.75 Å². The number of likely N-dealkylation sites (N-methyl/N-ethyl adjacent to an activating group) is 1. The average Bonchev–Trinajstić information content (AvgIpc) is 2.45. The molecule has 0 aliphatic carbocycles. The van der Waals surface area contributed by atoms with E-state index in [4.69, 9.17) is 9.47 Å². The monoisotopic (exact) mass is 263 g/mol. The molecule has 19 heavy (non-hydrogen) atoms. The Kier molecular flexibility index (Phi) is 5.23. The fourth-order valence-corrected chi connectivity index (χ4v) is 2.79. The van der Waals surface area contributed by atoms with Crippen LogP contribution >= 0.6 is 0 Å². The van der Waals surface area contributed by atoms with Crippen LogP contribution in [-0.4, -0.2) is 26.4 Å². The second kappa shape index (κ2) is 6.92. The van der Waals surface area contributed by atoms with Crippen LogP contribution in [0.4, 0.5) is 0 Å². The van der Waals surface area contributed by atoms with Gasteiger partial charge in [0.15, 0.2) is 0 Å². The quantitative estimate of drug-likeness (QED) is 0.884. The molecule has 106 valence electrons. The summed E-state index contributed by atoms with van der Waals surface area (Å²) in [6, 6.07) is 6.58. The van der Waals surface area contributed by atoms with E-state index in [1.54, 1.807) is 7.11 Å². The Bertz CT molecular complexity index is 400. The van der Waals surface area contributed by atoms with Crippen LogP contribution in [0.5, 0.6) is 5.75 Å². The van der Waals surface area contributed by atoms with E-state index >= 15 is 0 Å².